The lowest BCUT2D eigenvalue weighted by Crippen LogP contribution is -2.31. The molecule has 0 radical (unpaired) electrons. The van der Waals surface area contributed by atoms with E-state index in [9.17, 15) is 4.79 Å². The van der Waals surface area contributed by atoms with E-state index >= 15 is 0 Å². The Labute approximate surface area is 155 Å². The summed E-state index contributed by atoms with van der Waals surface area (Å²) in [5.41, 5.74) is 14.3. The van der Waals surface area contributed by atoms with Gasteiger partial charge in [-0.15, -0.1) is 24.8 Å². The van der Waals surface area contributed by atoms with Crippen LogP contribution in [-0.4, -0.2) is 19.0 Å². The maximum Gasteiger partial charge on any atom is 0.222 e. The summed E-state index contributed by atoms with van der Waals surface area (Å²) < 4.78 is 0. The van der Waals surface area contributed by atoms with E-state index in [1.54, 1.807) is 0 Å². The predicted molar refractivity (Wildman–Crippen MR) is 105 cm³/mol. The SMILES string of the molecule is Cl.Cl.NCC(Cc1ccc(NCCc2ccccc2)cc1)C(N)=O. The number of nitrogens with two attached hydrogens (primary N) is 2. The van der Waals surface area contributed by atoms with Crippen LogP contribution in [0.1, 0.15) is 11.1 Å². The summed E-state index contributed by atoms with van der Waals surface area (Å²) in [7, 11) is 0. The number of hydrogen-bond donors (Lipinski definition) is 3. The number of amides is 1. The molecule has 0 aromatic heterocycles. The van der Waals surface area contributed by atoms with E-state index in [-0.39, 0.29) is 43.2 Å². The van der Waals surface area contributed by atoms with Gasteiger partial charge >= 0.3 is 0 Å². The smallest absolute Gasteiger partial charge is 0.222 e. The quantitative estimate of drug-likeness (QED) is 0.668. The number of halogens is 2. The van der Waals surface area contributed by atoms with Crippen LogP contribution >= 0.6 is 24.8 Å². The predicted octanol–water partition coefficient (Wildman–Crippen LogP) is 2.79. The van der Waals surface area contributed by atoms with Crippen molar-refractivity contribution in [3.63, 3.8) is 0 Å². The van der Waals surface area contributed by atoms with Gasteiger partial charge in [-0.3, -0.25) is 4.79 Å². The lowest BCUT2D eigenvalue weighted by atomic mass is 9.99. The third-order valence-corrected chi connectivity index (χ3v) is 3.71. The van der Waals surface area contributed by atoms with Gasteiger partial charge in [-0.1, -0.05) is 42.5 Å². The van der Waals surface area contributed by atoms with Crippen molar-refractivity contribution in [1.82, 2.24) is 0 Å². The van der Waals surface area contributed by atoms with Gasteiger partial charge in [0.25, 0.3) is 0 Å². The topological polar surface area (TPSA) is 81.1 Å². The molecular formula is C18H25Cl2N3O. The Morgan fingerprint density at radius 1 is 0.958 bits per heavy atom. The highest BCUT2D eigenvalue weighted by Crippen LogP contribution is 2.13. The second-order valence-electron chi connectivity index (χ2n) is 5.40. The average Bonchev–Trinajstić information content (AvgIpc) is 2.54. The first-order chi connectivity index (χ1) is 10.7. The lowest BCUT2D eigenvalue weighted by Gasteiger charge is -2.11. The van der Waals surface area contributed by atoms with Crippen molar-refractivity contribution in [3.8, 4) is 0 Å². The van der Waals surface area contributed by atoms with Gasteiger partial charge in [0.05, 0.1) is 5.92 Å². The highest BCUT2D eigenvalue weighted by Gasteiger charge is 2.13. The summed E-state index contributed by atoms with van der Waals surface area (Å²) >= 11 is 0. The number of carbonyl (C=O) groups is 1. The normalized spacial score (nSPS) is 10.9. The van der Waals surface area contributed by atoms with E-state index in [4.69, 9.17) is 11.5 Å². The maximum atomic E-state index is 11.2. The Kier molecular flexibility index (Phi) is 10.9. The number of carbonyl (C=O) groups excluding carboxylic acids is 1. The minimum Gasteiger partial charge on any atom is -0.385 e. The molecule has 0 aliphatic heterocycles. The van der Waals surface area contributed by atoms with Crippen LogP contribution in [0.5, 0.6) is 0 Å². The van der Waals surface area contributed by atoms with Crippen molar-refractivity contribution in [3.05, 3.63) is 65.7 Å². The van der Waals surface area contributed by atoms with Crippen molar-refractivity contribution in [2.45, 2.75) is 12.8 Å². The van der Waals surface area contributed by atoms with E-state index in [0.717, 1.165) is 24.2 Å². The molecule has 0 aliphatic carbocycles. The number of primary amides is 1. The van der Waals surface area contributed by atoms with Crippen molar-refractivity contribution in [2.75, 3.05) is 18.4 Å². The number of hydrogen-bond acceptors (Lipinski definition) is 3. The van der Waals surface area contributed by atoms with Crippen molar-refractivity contribution in [1.29, 1.82) is 0 Å². The summed E-state index contributed by atoms with van der Waals surface area (Å²) in [6.45, 7) is 1.17. The third-order valence-electron chi connectivity index (χ3n) is 3.71. The fourth-order valence-corrected chi connectivity index (χ4v) is 2.34. The minimum atomic E-state index is -0.340. The molecule has 5 N–H and O–H groups in total. The Balaban J connectivity index is 0.00000264. The molecule has 1 unspecified atom stereocenters. The van der Waals surface area contributed by atoms with E-state index in [1.807, 2.05) is 30.3 Å². The highest BCUT2D eigenvalue weighted by molar-refractivity contribution is 5.85. The van der Waals surface area contributed by atoms with E-state index in [2.05, 4.69) is 29.6 Å². The van der Waals surface area contributed by atoms with Crippen LogP contribution < -0.4 is 16.8 Å². The molecule has 6 heteroatoms. The monoisotopic (exact) mass is 369 g/mol. The van der Waals surface area contributed by atoms with Crippen LogP contribution in [-0.2, 0) is 17.6 Å². The second kappa shape index (κ2) is 11.7. The summed E-state index contributed by atoms with van der Waals surface area (Å²) in [5, 5.41) is 3.39. The maximum absolute atomic E-state index is 11.2. The third kappa shape index (κ3) is 7.21. The first-order valence-corrected chi connectivity index (χ1v) is 7.55. The van der Waals surface area contributed by atoms with Crippen molar-refractivity contribution in [2.24, 2.45) is 17.4 Å². The van der Waals surface area contributed by atoms with Gasteiger partial charge in [0.1, 0.15) is 0 Å². The van der Waals surface area contributed by atoms with Crippen LogP contribution in [0.2, 0.25) is 0 Å². The molecule has 0 aliphatic rings. The second-order valence-corrected chi connectivity index (χ2v) is 5.40. The zero-order valence-electron chi connectivity index (χ0n) is 13.5. The van der Waals surface area contributed by atoms with Crippen molar-refractivity contribution < 1.29 is 4.79 Å². The summed E-state index contributed by atoms with van der Waals surface area (Å²) in [4.78, 5) is 11.2. The molecule has 0 saturated heterocycles. The lowest BCUT2D eigenvalue weighted by molar-refractivity contribution is -0.121. The standard InChI is InChI=1S/C18H23N3O.2ClH/c19-13-16(18(20)22)12-15-6-8-17(9-7-15)21-11-10-14-4-2-1-3-5-14;;/h1-9,16,21H,10-13,19H2,(H2,20,22);2*1H. The molecule has 132 valence electrons. The van der Waals surface area contributed by atoms with Gasteiger partial charge in [0, 0.05) is 18.8 Å². The van der Waals surface area contributed by atoms with E-state index < -0.39 is 0 Å². The average molecular weight is 370 g/mol. The van der Waals surface area contributed by atoms with Crippen LogP contribution in [0.25, 0.3) is 0 Å². The minimum absolute atomic E-state index is 0. The van der Waals surface area contributed by atoms with Gasteiger partial charge in [-0.25, -0.2) is 0 Å². The van der Waals surface area contributed by atoms with Gasteiger partial charge in [0.2, 0.25) is 5.91 Å². The van der Waals surface area contributed by atoms with Gasteiger partial charge in [0.15, 0.2) is 0 Å². The molecule has 2 aromatic rings. The van der Waals surface area contributed by atoms with Gasteiger partial charge in [-0.05, 0) is 36.1 Å². The Morgan fingerprint density at radius 3 is 2.12 bits per heavy atom. The molecule has 0 spiro atoms. The summed E-state index contributed by atoms with van der Waals surface area (Å²) in [6, 6.07) is 18.4. The fraction of sp³-hybridized carbons (Fsp3) is 0.278. The molecule has 0 heterocycles. The van der Waals surface area contributed by atoms with E-state index in [0.29, 0.717) is 6.42 Å². The summed E-state index contributed by atoms with van der Waals surface area (Å²) in [5.74, 6) is -0.635. The van der Waals surface area contributed by atoms with E-state index in [1.165, 1.54) is 5.56 Å². The summed E-state index contributed by atoms with van der Waals surface area (Å²) in [6.07, 6.45) is 1.58. The molecule has 0 saturated carbocycles. The number of benzene rings is 2. The number of nitrogens with one attached hydrogen (secondary N) is 1. The molecule has 1 amide bonds. The highest BCUT2D eigenvalue weighted by atomic mass is 35.5. The van der Waals surface area contributed by atoms with Gasteiger partial charge in [-0.2, -0.15) is 0 Å². The molecule has 0 bridgehead atoms. The first-order valence-electron chi connectivity index (χ1n) is 7.55. The fourth-order valence-electron chi connectivity index (χ4n) is 2.34. The zero-order valence-corrected chi connectivity index (χ0v) is 15.1. The molecule has 0 fully saturated rings. The van der Waals surface area contributed by atoms with Crippen LogP contribution in [0.4, 0.5) is 5.69 Å². The van der Waals surface area contributed by atoms with Gasteiger partial charge < -0.3 is 16.8 Å². The Morgan fingerprint density at radius 2 is 1.58 bits per heavy atom. The Bertz CT molecular complexity index is 591. The van der Waals surface area contributed by atoms with Crippen LogP contribution in [0.15, 0.2) is 54.6 Å². The zero-order chi connectivity index (χ0) is 15.8. The molecular weight excluding hydrogens is 345 g/mol. The van der Waals surface area contributed by atoms with Crippen LogP contribution in [0.3, 0.4) is 0 Å². The molecule has 1 atom stereocenters. The van der Waals surface area contributed by atoms with Crippen molar-refractivity contribution >= 4 is 36.4 Å². The first kappa shape index (κ1) is 22.2. The largest absolute Gasteiger partial charge is 0.385 e. The Hall–Kier alpha value is -1.75. The molecule has 24 heavy (non-hydrogen) atoms. The number of anilines is 1. The molecule has 2 aromatic carbocycles. The molecule has 2 rings (SSSR count). The number of rotatable bonds is 8. The molecule has 4 nitrogen and oxygen atoms in total. The van der Waals surface area contributed by atoms with Crippen LogP contribution in [0, 0.1) is 5.92 Å².